The molecule has 2 atom stereocenters. The Morgan fingerprint density at radius 1 is 1.19 bits per heavy atom. The molecule has 2 aromatic carbocycles. The molecule has 5 heteroatoms. The zero-order chi connectivity index (χ0) is 15.0. The van der Waals surface area contributed by atoms with Crippen LogP contribution in [0, 0.1) is 0 Å². The lowest BCUT2D eigenvalue weighted by Crippen LogP contribution is -2.25. The number of hydrogen-bond donors (Lipinski definition) is 4. The second-order valence-corrected chi connectivity index (χ2v) is 5.22. The number of ether oxygens (including phenoxy) is 1. The van der Waals surface area contributed by atoms with Crippen molar-refractivity contribution in [3.63, 3.8) is 0 Å². The van der Waals surface area contributed by atoms with Gasteiger partial charge >= 0.3 is 0 Å². The second kappa shape index (κ2) is 5.27. The Kier molecular flexibility index (Phi) is 3.45. The van der Waals surface area contributed by atoms with Crippen LogP contribution in [0.4, 0.5) is 5.69 Å². The molecule has 3 rings (SSSR count). The molecular formula is C16H18N2O3. The van der Waals surface area contributed by atoms with Crippen LogP contribution in [0.15, 0.2) is 36.4 Å². The van der Waals surface area contributed by atoms with Gasteiger partial charge in [-0.3, -0.25) is 0 Å². The highest BCUT2D eigenvalue weighted by molar-refractivity contribution is 5.52. The molecule has 1 aliphatic heterocycles. The van der Waals surface area contributed by atoms with Gasteiger partial charge in [-0.05, 0) is 29.3 Å². The van der Waals surface area contributed by atoms with Crippen molar-refractivity contribution in [2.75, 3.05) is 12.3 Å². The molecule has 0 unspecified atom stereocenters. The summed E-state index contributed by atoms with van der Waals surface area (Å²) >= 11 is 0. The Labute approximate surface area is 122 Å². The van der Waals surface area contributed by atoms with E-state index in [2.05, 4.69) is 0 Å². The fourth-order valence-electron chi connectivity index (χ4n) is 2.80. The third-order valence-electron chi connectivity index (χ3n) is 3.86. The topological polar surface area (TPSA) is 102 Å². The van der Waals surface area contributed by atoms with Gasteiger partial charge in [0.05, 0.1) is 12.2 Å². The molecule has 0 saturated heterocycles. The first-order valence-corrected chi connectivity index (χ1v) is 6.84. The Balaban J connectivity index is 2.03. The molecule has 0 amide bonds. The van der Waals surface area contributed by atoms with Gasteiger partial charge in [-0.1, -0.05) is 18.2 Å². The standard InChI is InChI=1S/C16H18N2O3/c17-8-15-11-4-5-13(19)16(20)12(11)7-14(21-15)9-2-1-3-10(18)6-9/h1-6,14-15,19-20H,7-8,17-18H2/t14-,15-/m0/s1. The molecule has 6 N–H and O–H groups in total. The van der Waals surface area contributed by atoms with Crippen LogP contribution in [0.3, 0.4) is 0 Å². The van der Waals surface area contributed by atoms with Gasteiger partial charge in [-0.2, -0.15) is 0 Å². The molecule has 0 bridgehead atoms. The number of benzene rings is 2. The zero-order valence-electron chi connectivity index (χ0n) is 11.5. The average molecular weight is 286 g/mol. The number of nitrogen functional groups attached to an aromatic ring is 1. The van der Waals surface area contributed by atoms with Gasteiger partial charge in [-0.25, -0.2) is 0 Å². The number of anilines is 1. The van der Waals surface area contributed by atoms with Crippen LogP contribution in [0.1, 0.15) is 28.9 Å². The molecular weight excluding hydrogens is 268 g/mol. The number of phenolic OH excluding ortho intramolecular Hbond substituents is 2. The molecule has 2 aromatic rings. The molecule has 0 fully saturated rings. The van der Waals surface area contributed by atoms with Crippen molar-refractivity contribution in [1.29, 1.82) is 0 Å². The van der Waals surface area contributed by atoms with Crippen molar-refractivity contribution in [1.82, 2.24) is 0 Å². The van der Waals surface area contributed by atoms with Crippen LogP contribution in [-0.4, -0.2) is 16.8 Å². The summed E-state index contributed by atoms with van der Waals surface area (Å²) in [7, 11) is 0. The highest BCUT2D eigenvalue weighted by Crippen LogP contribution is 2.43. The number of rotatable bonds is 2. The molecule has 1 aliphatic rings. The SMILES string of the molecule is NC[C@@H]1O[C@H](c2cccc(N)c2)Cc2c1ccc(O)c2O. The van der Waals surface area contributed by atoms with Gasteiger partial charge in [0.1, 0.15) is 0 Å². The molecule has 1 heterocycles. The van der Waals surface area contributed by atoms with Gasteiger partial charge in [0.25, 0.3) is 0 Å². The fourth-order valence-corrected chi connectivity index (χ4v) is 2.80. The van der Waals surface area contributed by atoms with Crippen molar-refractivity contribution in [2.45, 2.75) is 18.6 Å². The van der Waals surface area contributed by atoms with Crippen LogP contribution in [0.2, 0.25) is 0 Å². The molecule has 0 aliphatic carbocycles. The number of hydrogen-bond acceptors (Lipinski definition) is 5. The van der Waals surface area contributed by atoms with Crippen molar-refractivity contribution >= 4 is 5.69 Å². The smallest absolute Gasteiger partial charge is 0.161 e. The van der Waals surface area contributed by atoms with E-state index in [0.29, 0.717) is 24.2 Å². The second-order valence-electron chi connectivity index (χ2n) is 5.22. The monoisotopic (exact) mass is 286 g/mol. The maximum absolute atomic E-state index is 10.1. The Hall–Kier alpha value is -2.24. The Morgan fingerprint density at radius 3 is 2.71 bits per heavy atom. The van der Waals surface area contributed by atoms with Crippen molar-refractivity contribution < 1.29 is 14.9 Å². The third kappa shape index (κ3) is 2.41. The zero-order valence-corrected chi connectivity index (χ0v) is 11.5. The first kappa shape index (κ1) is 13.7. The van der Waals surface area contributed by atoms with E-state index in [4.69, 9.17) is 16.2 Å². The molecule has 0 saturated carbocycles. The van der Waals surface area contributed by atoms with Gasteiger partial charge in [-0.15, -0.1) is 0 Å². The highest BCUT2D eigenvalue weighted by atomic mass is 16.5. The summed E-state index contributed by atoms with van der Waals surface area (Å²) in [5, 5.41) is 19.8. The quantitative estimate of drug-likeness (QED) is 0.499. The fraction of sp³-hybridized carbons (Fsp3) is 0.250. The van der Waals surface area contributed by atoms with Crippen LogP contribution >= 0.6 is 0 Å². The normalized spacial score (nSPS) is 21.0. The summed E-state index contributed by atoms with van der Waals surface area (Å²) in [6.07, 6.45) is -0.0934. The minimum Gasteiger partial charge on any atom is -0.504 e. The van der Waals surface area contributed by atoms with E-state index in [0.717, 1.165) is 11.1 Å². The minimum absolute atomic E-state index is 0.0943. The molecule has 21 heavy (non-hydrogen) atoms. The van der Waals surface area contributed by atoms with E-state index in [-0.39, 0.29) is 23.7 Å². The van der Waals surface area contributed by atoms with Crippen molar-refractivity contribution in [3.05, 3.63) is 53.1 Å². The van der Waals surface area contributed by atoms with Gasteiger partial charge in [0.2, 0.25) is 0 Å². The first-order chi connectivity index (χ1) is 10.1. The number of phenols is 2. The molecule has 110 valence electrons. The summed E-state index contributed by atoms with van der Waals surface area (Å²) in [5.74, 6) is -0.221. The lowest BCUT2D eigenvalue weighted by atomic mass is 9.90. The summed E-state index contributed by atoms with van der Waals surface area (Å²) in [4.78, 5) is 0. The minimum atomic E-state index is -0.313. The average Bonchev–Trinajstić information content (AvgIpc) is 2.50. The Morgan fingerprint density at radius 2 is 2.00 bits per heavy atom. The lowest BCUT2D eigenvalue weighted by Gasteiger charge is -2.32. The van der Waals surface area contributed by atoms with Gasteiger partial charge in [0.15, 0.2) is 11.5 Å². The van der Waals surface area contributed by atoms with Crippen LogP contribution < -0.4 is 11.5 Å². The van der Waals surface area contributed by atoms with Crippen LogP contribution in [0.25, 0.3) is 0 Å². The van der Waals surface area contributed by atoms with Crippen molar-refractivity contribution in [2.24, 2.45) is 5.73 Å². The van der Waals surface area contributed by atoms with Gasteiger partial charge in [0, 0.05) is 24.2 Å². The number of fused-ring (bicyclic) bond motifs is 1. The lowest BCUT2D eigenvalue weighted by molar-refractivity contribution is -0.0230. The predicted octanol–water partition coefficient (Wildman–Crippen LogP) is 1.99. The van der Waals surface area contributed by atoms with E-state index in [9.17, 15) is 10.2 Å². The molecule has 0 aromatic heterocycles. The largest absolute Gasteiger partial charge is 0.504 e. The van der Waals surface area contributed by atoms with Gasteiger partial charge < -0.3 is 26.4 Å². The highest BCUT2D eigenvalue weighted by Gasteiger charge is 2.30. The third-order valence-corrected chi connectivity index (χ3v) is 3.86. The molecule has 5 nitrogen and oxygen atoms in total. The predicted molar refractivity (Wildman–Crippen MR) is 80.0 cm³/mol. The van der Waals surface area contributed by atoms with Crippen molar-refractivity contribution in [3.8, 4) is 11.5 Å². The first-order valence-electron chi connectivity index (χ1n) is 6.84. The van der Waals surface area contributed by atoms with E-state index in [1.165, 1.54) is 6.07 Å². The summed E-state index contributed by atoms with van der Waals surface area (Å²) in [6, 6.07) is 10.7. The summed E-state index contributed by atoms with van der Waals surface area (Å²) in [5.41, 5.74) is 14.7. The van der Waals surface area contributed by atoms with E-state index >= 15 is 0 Å². The summed E-state index contributed by atoms with van der Waals surface area (Å²) < 4.78 is 6.02. The summed E-state index contributed by atoms with van der Waals surface area (Å²) in [6.45, 7) is 0.302. The maximum Gasteiger partial charge on any atom is 0.161 e. The van der Waals surface area contributed by atoms with E-state index < -0.39 is 0 Å². The Bertz CT molecular complexity index is 673. The maximum atomic E-state index is 10.1. The van der Waals surface area contributed by atoms with Crippen LogP contribution in [-0.2, 0) is 11.2 Å². The van der Waals surface area contributed by atoms with E-state index in [1.54, 1.807) is 6.07 Å². The van der Waals surface area contributed by atoms with E-state index in [1.807, 2.05) is 24.3 Å². The molecule has 0 spiro atoms. The number of nitrogens with two attached hydrogens (primary N) is 2. The van der Waals surface area contributed by atoms with Crippen LogP contribution in [0.5, 0.6) is 11.5 Å². The molecule has 0 radical (unpaired) electrons. The number of aromatic hydroxyl groups is 2.